The number of nitro groups is 1. The predicted molar refractivity (Wildman–Crippen MR) is 223 cm³/mol. The fourth-order valence-electron chi connectivity index (χ4n) is 10.1. The van der Waals surface area contributed by atoms with Crippen LogP contribution in [0.25, 0.3) is 0 Å². The summed E-state index contributed by atoms with van der Waals surface area (Å²) in [6.45, 7) is 0.564. The normalized spacial score (nSPS) is 25.0. The van der Waals surface area contributed by atoms with Crippen LogP contribution in [0.4, 0.5) is 16.2 Å². The van der Waals surface area contributed by atoms with Crippen LogP contribution in [0.1, 0.15) is 78.1 Å². The number of hydrogen-bond donors (Lipinski definition) is 1. The van der Waals surface area contributed by atoms with Crippen molar-refractivity contribution < 1.29 is 38.7 Å². The minimum absolute atomic E-state index is 0.0185. The van der Waals surface area contributed by atoms with Gasteiger partial charge in [0.15, 0.2) is 0 Å². The highest BCUT2D eigenvalue weighted by molar-refractivity contribution is 6.23. The number of hydrogen-bond acceptors (Lipinski definition) is 10. The Morgan fingerprint density at radius 3 is 2.00 bits per heavy atom. The first-order valence-corrected chi connectivity index (χ1v) is 20.7. The number of aromatic hydroxyl groups is 1. The predicted octanol–water partition coefficient (Wildman–Crippen LogP) is 8.10. The van der Waals surface area contributed by atoms with Gasteiger partial charge >= 0.3 is 12.1 Å². The smallest absolute Gasteiger partial charge is 0.421 e. The van der Waals surface area contributed by atoms with Gasteiger partial charge in [0, 0.05) is 25.2 Å². The van der Waals surface area contributed by atoms with Gasteiger partial charge in [-0.1, -0.05) is 110 Å². The quantitative estimate of drug-likeness (QED) is 0.0966. The van der Waals surface area contributed by atoms with E-state index in [0.29, 0.717) is 29.8 Å². The number of phenols is 1. The van der Waals surface area contributed by atoms with Crippen molar-refractivity contribution in [2.75, 3.05) is 18.0 Å². The SMILES string of the molecule is O=C1OC(c2ccccc2)C(c2ccccc2)N2C1C(C(=O)N1CCCCCCC1)C1(C(=O)N(C(=O)OCc3ccc([N+](=O)[O-])cc3)c3ccccc31)C2c1ccc(O)cc1. The van der Waals surface area contributed by atoms with E-state index in [1.165, 1.54) is 36.4 Å². The number of anilines is 1. The lowest BCUT2D eigenvalue weighted by Gasteiger charge is -2.46. The molecule has 3 saturated heterocycles. The van der Waals surface area contributed by atoms with Crippen LogP contribution in [0.3, 0.4) is 0 Å². The number of nitro benzene ring substituents is 1. The second-order valence-electron chi connectivity index (χ2n) is 16.1. The van der Waals surface area contributed by atoms with Gasteiger partial charge < -0.3 is 19.5 Å². The molecule has 13 nitrogen and oxygen atoms in total. The fraction of sp³-hybridized carbons (Fsp3) is 0.292. The number of cyclic esters (lactones) is 1. The summed E-state index contributed by atoms with van der Waals surface area (Å²) >= 11 is 0. The number of carbonyl (C=O) groups excluding carboxylic acids is 4. The van der Waals surface area contributed by atoms with Crippen molar-refractivity contribution in [3.05, 3.63) is 171 Å². The molecule has 5 aromatic rings. The second kappa shape index (κ2) is 16.3. The lowest BCUT2D eigenvalue weighted by atomic mass is 9.65. The van der Waals surface area contributed by atoms with E-state index in [9.17, 15) is 20.0 Å². The number of esters is 1. The Morgan fingerprint density at radius 2 is 1.34 bits per heavy atom. The number of para-hydroxylation sites is 1. The van der Waals surface area contributed by atoms with Crippen LogP contribution >= 0.6 is 0 Å². The van der Waals surface area contributed by atoms with E-state index < -0.39 is 58.5 Å². The largest absolute Gasteiger partial charge is 0.508 e. The molecular formula is C48H44N4O9. The van der Waals surface area contributed by atoms with Crippen LogP contribution in [0.15, 0.2) is 133 Å². The molecule has 4 aliphatic heterocycles. The van der Waals surface area contributed by atoms with Gasteiger partial charge in [0.25, 0.3) is 5.69 Å². The molecule has 9 rings (SSSR count). The van der Waals surface area contributed by atoms with E-state index in [4.69, 9.17) is 9.47 Å². The molecule has 3 fully saturated rings. The number of amides is 3. The Hall–Kier alpha value is -6.86. The zero-order valence-electron chi connectivity index (χ0n) is 33.2. The zero-order valence-corrected chi connectivity index (χ0v) is 33.2. The Balaban J connectivity index is 1.26. The number of phenolic OH excluding ortho intramolecular Hbond substituents is 1. The number of rotatable bonds is 7. The summed E-state index contributed by atoms with van der Waals surface area (Å²) in [5.74, 6) is -3.19. The maximum Gasteiger partial charge on any atom is 0.421 e. The van der Waals surface area contributed by atoms with Crippen LogP contribution in [0, 0.1) is 16.0 Å². The van der Waals surface area contributed by atoms with Gasteiger partial charge in [-0.3, -0.25) is 29.4 Å². The molecular weight excluding hydrogens is 777 g/mol. The molecule has 13 heteroatoms. The number of fused-ring (bicyclic) bond motifs is 3. The summed E-state index contributed by atoms with van der Waals surface area (Å²) in [6.07, 6.45) is 2.53. The van der Waals surface area contributed by atoms with Gasteiger partial charge in [0.1, 0.15) is 29.9 Å². The summed E-state index contributed by atoms with van der Waals surface area (Å²) in [4.78, 5) is 77.1. The Morgan fingerprint density at radius 1 is 0.738 bits per heavy atom. The van der Waals surface area contributed by atoms with Gasteiger partial charge in [0.05, 0.1) is 28.6 Å². The first-order valence-electron chi connectivity index (χ1n) is 20.7. The number of non-ortho nitro benzene ring substituents is 1. The number of carbonyl (C=O) groups is 4. The minimum atomic E-state index is -1.90. The molecule has 3 amide bonds. The summed E-state index contributed by atoms with van der Waals surface area (Å²) < 4.78 is 12.3. The van der Waals surface area contributed by atoms with Gasteiger partial charge in [-0.15, -0.1) is 0 Å². The molecule has 4 aliphatic rings. The molecule has 0 aromatic heterocycles. The number of benzene rings is 5. The summed E-state index contributed by atoms with van der Waals surface area (Å²) in [5, 5.41) is 21.9. The average molecular weight is 821 g/mol. The van der Waals surface area contributed by atoms with Crippen molar-refractivity contribution in [3.63, 3.8) is 0 Å². The third-order valence-corrected chi connectivity index (χ3v) is 12.7. The monoisotopic (exact) mass is 820 g/mol. The third-order valence-electron chi connectivity index (χ3n) is 12.7. The highest BCUT2D eigenvalue weighted by atomic mass is 16.6. The molecule has 0 radical (unpaired) electrons. The Bertz CT molecular complexity index is 2460. The van der Waals surface area contributed by atoms with Crippen LogP contribution in [0.5, 0.6) is 5.75 Å². The average Bonchev–Trinajstić information content (AvgIpc) is 3.73. The molecule has 4 heterocycles. The number of ether oxygens (including phenoxy) is 2. The molecule has 310 valence electrons. The molecule has 6 unspecified atom stereocenters. The second-order valence-corrected chi connectivity index (χ2v) is 16.1. The number of imide groups is 1. The first kappa shape index (κ1) is 39.6. The highest BCUT2D eigenvalue weighted by Crippen LogP contribution is 2.66. The van der Waals surface area contributed by atoms with Crippen molar-refractivity contribution in [3.8, 4) is 5.75 Å². The topological polar surface area (TPSA) is 160 Å². The number of likely N-dealkylation sites (tertiary alicyclic amines) is 1. The molecule has 0 aliphatic carbocycles. The van der Waals surface area contributed by atoms with Gasteiger partial charge in [0.2, 0.25) is 11.8 Å². The van der Waals surface area contributed by atoms with E-state index in [-0.39, 0.29) is 29.6 Å². The fourth-order valence-corrected chi connectivity index (χ4v) is 10.1. The van der Waals surface area contributed by atoms with Crippen LogP contribution < -0.4 is 4.90 Å². The van der Waals surface area contributed by atoms with Gasteiger partial charge in [-0.25, -0.2) is 9.69 Å². The lowest BCUT2D eigenvalue weighted by Crippen LogP contribution is -2.56. The molecule has 5 aromatic carbocycles. The van der Waals surface area contributed by atoms with E-state index in [1.54, 1.807) is 41.3 Å². The van der Waals surface area contributed by atoms with Gasteiger partial charge in [-0.2, -0.15) is 0 Å². The van der Waals surface area contributed by atoms with Crippen molar-refractivity contribution in [2.24, 2.45) is 5.92 Å². The molecule has 6 atom stereocenters. The van der Waals surface area contributed by atoms with Crippen molar-refractivity contribution in [1.29, 1.82) is 0 Å². The standard InChI is InChI=1S/C48H44N4O9/c53-36-26-22-34(23-27-36)43-48(37-18-10-11-19-38(37)50(46(48)56)47(57)60-30-31-20-24-35(25-21-31)52(58)59)39(44(54)49-28-12-2-1-3-13-29-49)41-45(55)61-42(33-16-8-5-9-17-33)40(51(41)43)32-14-6-4-7-15-32/h4-11,14-27,39-43,53H,1-3,12-13,28-30H2. The van der Waals surface area contributed by atoms with Crippen LogP contribution in [-0.4, -0.2) is 62.8 Å². The lowest BCUT2D eigenvalue weighted by molar-refractivity contribution is -0.384. The van der Waals surface area contributed by atoms with E-state index >= 15 is 14.4 Å². The minimum Gasteiger partial charge on any atom is -0.508 e. The first-order chi connectivity index (χ1) is 29.7. The van der Waals surface area contributed by atoms with Crippen LogP contribution in [0.2, 0.25) is 0 Å². The number of nitrogens with zero attached hydrogens (tertiary/aromatic N) is 4. The van der Waals surface area contributed by atoms with Crippen molar-refractivity contribution >= 4 is 35.3 Å². The molecule has 0 bridgehead atoms. The Labute approximate surface area is 352 Å². The van der Waals surface area contributed by atoms with E-state index in [0.717, 1.165) is 48.1 Å². The summed E-state index contributed by atoms with van der Waals surface area (Å²) in [7, 11) is 0. The van der Waals surface area contributed by atoms with Crippen molar-refractivity contribution in [1.82, 2.24) is 9.80 Å². The third kappa shape index (κ3) is 6.78. The maximum atomic E-state index is 16.1. The zero-order chi connectivity index (χ0) is 42.3. The molecule has 0 saturated carbocycles. The number of morpholine rings is 1. The van der Waals surface area contributed by atoms with Crippen molar-refractivity contribution in [2.45, 2.75) is 68.4 Å². The van der Waals surface area contributed by atoms with E-state index in [2.05, 4.69) is 0 Å². The molecule has 1 spiro atoms. The summed E-state index contributed by atoms with van der Waals surface area (Å²) in [5.41, 5.74) is 1.05. The molecule has 1 N–H and O–H groups in total. The Kier molecular flexibility index (Phi) is 10.6. The summed E-state index contributed by atoms with van der Waals surface area (Å²) in [6, 6.07) is 34.7. The molecule has 61 heavy (non-hydrogen) atoms. The van der Waals surface area contributed by atoms with E-state index in [1.807, 2.05) is 65.6 Å². The maximum absolute atomic E-state index is 16.1. The van der Waals surface area contributed by atoms with Gasteiger partial charge in [-0.05, 0) is 71.0 Å². The van der Waals surface area contributed by atoms with Crippen LogP contribution in [-0.2, 0) is 35.9 Å². The highest BCUT2D eigenvalue weighted by Gasteiger charge is 2.76.